The zero-order chi connectivity index (χ0) is 11.7. The maximum Gasteiger partial charge on any atom is 0.0929 e. The van der Waals surface area contributed by atoms with E-state index in [9.17, 15) is 0 Å². The molecule has 3 aliphatic heterocycles. The first-order chi connectivity index (χ1) is 8.36. The lowest BCUT2D eigenvalue weighted by Gasteiger charge is -2.31. The van der Waals surface area contributed by atoms with Crippen molar-refractivity contribution in [2.45, 2.75) is 31.8 Å². The van der Waals surface area contributed by atoms with Crippen molar-refractivity contribution in [1.29, 1.82) is 0 Å². The maximum absolute atomic E-state index is 5.37. The van der Waals surface area contributed by atoms with Crippen LogP contribution in [0.3, 0.4) is 0 Å². The van der Waals surface area contributed by atoms with Crippen molar-refractivity contribution in [3.8, 4) is 0 Å². The molecule has 1 saturated heterocycles. The van der Waals surface area contributed by atoms with Gasteiger partial charge < -0.3 is 9.64 Å². The molecule has 17 heavy (non-hydrogen) atoms. The Bertz CT molecular complexity index is 380. The van der Waals surface area contributed by atoms with Crippen molar-refractivity contribution in [1.82, 2.24) is 4.90 Å². The molecule has 0 aliphatic carbocycles. The second kappa shape index (κ2) is 4.61. The summed E-state index contributed by atoms with van der Waals surface area (Å²) in [5.74, 6) is 0. The van der Waals surface area contributed by atoms with E-state index < -0.39 is 0 Å². The molecule has 1 fully saturated rings. The number of hydrogen-bond donors (Lipinski definition) is 0. The second-order valence-electron chi connectivity index (χ2n) is 4.78. The van der Waals surface area contributed by atoms with Crippen LogP contribution in [0.2, 0.25) is 0 Å². The van der Waals surface area contributed by atoms with Crippen LogP contribution in [0.5, 0.6) is 0 Å². The van der Waals surface area contributed by atoms with Crippen LogP contribution in [0, 0.1) is 0 Å². The van der Waals surface area contributed by atoms with Gasteiger partial charge in [0.25, 0.3) is 0 Å². The Balaban J connectivity index is 1.74. The van der Waals surface area contributed by atoms with Crippen LogP contribution in [0.4, 0.5) is 0 Å². The molecule has 2 atom stereocenters. The molecule has 4 heteroatoms. The number of allylic oxidation sites excluding steroid dienone is 1. The van der Waals surface area contributed by atoms with E-state index in [1.165, 1.54) is 11.4 Å². The molecule has 0 amide bonds. The van der Waals surface area contributed by atoms with Gasteiger partial charge in [-0.05, 0) is 12.5 Å². The SMILES string of the molecule is CCC1=NC2C=C(N3CCOCC3)C=NC2C1. The third-order valence-corrected chi connectivity index (χ3v) is 3.69. The lowest BCUT2D eigenvalue weighted by Crippen LogP contribution is -2.38. The third-order valence-electron chi connectivity index (χ3n) is 3.69. The molecule has 0 N–H and O–H groups in total. The van der Waals surface area contributed by atoms with Crippen LogP contribution in [0.1, 0.15) is 19.8 Å². The molecule has 0 saturated carbocycles. The van der Waals surface area contributed by atoms with Gasteiger partial charge in [0, 0.05) is 31.4 Å². The molecule has 0 bridgehead atoms. The summed E-state index contributed by atoms with van der Waals surface area (Å²) in [6.45, 7) is 5.76. The fraction of sp³-hybridized carbons (Fsp3) is 0.692. The van der Waals surface area contributed by atoms with Crippen molar-refractivity contribution < 1.29 is 4.74 Å². The first-order valence-electron chi connectivity index (χ1n) is 6.50. The molecule has 0 aromatic heterocycles. The smallest absolute Gasteiger partial charge is 0.0929 e. The van der Waals surface area contributed by atoms with Gasteiger partial charge in [-0.2, -0.15) is 0 Å². The summed E-state index contributed by atoms with van der Waals surface area (Å²) < 4.78 is 5.37. The summed E-state index contributed by atoms with van der Waals surface area (Å²) in [6.07, 6.45) is 6.42. The minimum absolute atomic E-state index is 0.285. The van der Waals surface area contributed by atoms with Crippen molar-refractivity contribution in [2.75, 3.05) is 26.3 Å². The van der Waals surface area contributed by atoms with Crippen LogP contribution in [0.25, 0.3) is 0 Å². The van der Waals surface area contributed by atoms with Crippen molar-refractivity contribution in [3.05, 3.63) is 11.8 Å². The Labute approximate surface area is 102 Å². The van der Waals surface area contributed by atoms with Gasteiger partial charge >= 0.3 is 0 Å². The molecule has 0 spiro atoms. The van der Waals surface area contributed by atoms with E-state index in [1.54, 1.807) is 0 Å². The van der Waals surface area contributed by atoms with Gasteiger partial charge in [-0.25, -0.2) is 0 Å². The minimum Gasteiger partial charge on any atom is -0.378 e. The monoisotopic (exact) mass is 233 g/mol. The number of aliphatic imine (C=N–C) groups is 2. The number of dihydropyridines is 1. The van der Waals surface area contributed by atoms with Crippen LogP contribution in [-0.4, -0.2) is 55.2 Å². The Morgan fingerprint density at radius 2 is 2.24 bits per heavy atom. The van der Waals surface area contributed by atoms with Crippen molar-refractivity contribution >= 4 is 11.9 Å². The van der Waals surface area contributed by atoms with Crippen LogP contribution >= 0.6 is 0 Å². The standard InChI is InChI=1S/C13H19N3O/c1-2-10-7-12-13(15-10)8-11(9-14-12)16-3-5-17-6-4-16/h8-9,12-13H,2-7H2,1H3. The third kappa shape index (κ3) is 2.14. The van der Waals surface area contributed by atoms with Crippen molar-refractivity contribution in [3.63, 3.8) is 0 Å². The first kappa shape index (κ1) is 11.0. The molecule has 3 aliphatic rings. The summed E-state index contributed by atoms with van der Waals surface area (Å²) in [5, 5.41) is 0. The van der Waals surface area contributed by atoms with Crippen molar-refractivity contribution in [2.24, 2.45) is 9.98 Å². The predicted molar refractivity (Wildman–Crippen MR) is 68.9 cm³/mol. The zero-order valence-electron chi connectivity index (χ0n) is 10.3. The highest BCUT2D eigenvalue weighted by atomic mass is 16.5. The van der Waals surface area contributed by atoms with E-state index in [0.29, 0.717) is 6.04 Å². The Morgan fingerprint density at radius 1 is 1.41 bits per heavy atom. The number of hydrogen-bond acceptors (Lipinski definition) is 4. The summed E-state index contributed by atoms with van der Waals surface area (Å²) in [7, 11) is 0. The Kier molecular flexibility index (Phi) is 2.97. The lowest BCUT2D eigenvalue weighted by atomic mass is 10.0. The van der Waals surface area contributed by atoms with Crippen LogP contribution in [0.15, 0.2) is 21.8 Å². The Hall–Kier alpha value is -1.16. The summed E-state index contributed by atoms with van der Waals surface area (Å²) in [4.78, 5) is 11.7. The molecule has 92 valence electrons. The van der Waals surface area contributed by atoms with Gasteiger partial charge in [0.15, 0.2) is 0 Å². The number of ether oxygens (including phenoxy) is 1. The van der Waals surface area contributed by atoms with Gasteiger partial charge in [-0.1, -0.05) is 6.92 Å². The molecule has 0 aromatic carbocycles. The van der Waals surface area contributed by atoms with Crippen LogP contribution < -0.4 is 0 Å². The summed E-state index contributed by atoms with van der Waals surface area (Å²) >= 11 is 0. The average molecular weight is 233 g/mol. The van der Waals surface area contributed by atoms with E-state index in [4.69, 9.17) is 9.73 Å². The summed E-state index contributed by atoms with van der Waals surface area (Å²) in [6, 6.07) is 0.655. The lowest BCUT2D eigenvalue weighted by molar-refractivity contribution is 0.0563. The van der Waals surface area contributed by atoms with E-state index in [0.717, 1.165) is 39.1 Å². The molecule has 3 rings (SSSR count). The predicted octanol–water partition coefficient (Wildman–Crippen LogP) is 1.28. The summed E-state index contributed by atoms with van der Waals surface area (Å²) in [5.41, 5.74) is 2.55. The second-order valence-corrected chi connectivity index (χ2v) is 4.78. The van der Waals surface area contributed by atoms with E-state index >= 15 is 0 Å². The highest BCUT2D eigenvalue weighted by Crippen LogP contribution is 2.25. The maximum atomic E-state index is 5.37. The highest BCUT2D eigenvalue weighted by Gasteiger charge is 2.29. The number of morpholine rings is 1. The molecular formula is C13H19N3O. The topological polar surface area (TPSA) is 37.2 Å². The normalized spacial score (nSPS) is 32.2. The molecule has 0 radical (unpaired) electrons. The van der Waals surface area contributed by atoms with Gasteiger partial charge in [-0.3, -0.25) is 9.98 Å². The largest absolute Gasteiger partial charge is 0.378 e. The zero-order valence-corrected chi connectivity index (χ0v) is 10.3. The fourth-order valence-corrected chi connectivity index (χ4v) is 2.64. The highest BCUT2D eigenvalue weighted by molar-refractivity contribution is 5.89. The molecule has 3 heterocycles. The van der Waals surface area contributed by atoms with Gasteiger partial charge in [-0.15, -0.1) is 0 Å². The number of rotatable bonds is 2. The quantitative estimate of drug-likeness (QED) is 0.720. The first-order valence-corrected chi connectivity index (χ1v) is 6.50. The minimum atomic E-state index is 0.285. The molecule has 4 nitrogen and oxygen atoms in total. The van der Waals surface area contributed by atoms with E-state index in [-0.39, 0.29) is 6.04 Å². The van der Waals surface area contributed by atoms with Gasteiger partial charge in [0.1, 0.15) is 0 Å². The fourth-order valence-electron chi connectivity index (χ4n) is 2.64. The number of fused-ring (bicyclic) bond motifs is 1. The molecule has 2 unspecified atom stereocenters. The molecule has 0 aromatic rings. The molecular weight excluding hydrogens is 214 g/mol. The van der Waals surface area contributed by atoms with Crippen LogP contribution in [-0.2, 0) is 4.74 Å². The Morgan fingerprint density at radius 3 is 3.00 bits per heavy atom. The van der Waals surface area contributed by atoms with E-state index in [2.05, 4.69) is 22.9 Å². The average Bonchev–Trinajstić information content (AvgIpc) is 2.81. The van der Waals surface area contributed by atoms with Gasteiger partial charge in [0.05, 0.1) is 31.0 Å². The van der Waals surface area contributed by atoms with Gasteiger partial charge in [0.2, 0.25) is 0 Å². The number of nitrogens with zero attached hydrogens (tertiary/aromatic N) is 3. The van der Waals surface area contributed by atoms with E-state index in [1.807, 2.05) is 6.21 Å².